The lowest BCUT2D eigenvalue weighted by molar-refractivity contribution is 0.767. The van der Waals surface area contributed by atoms with Gasteiger partial charge in [0.25, 0.3) is 0 Å². The van der Waals surface area contributed by atoms with Gasteiger partial charge in [0.1, 0.15) is 0 Å². The molecule has 1 aromatic heterocycles. The van der Waals surface area contributed by atoms with Gasteiger partial charge in [0, 0.05) is 24.5 Å². The molecule has 104 valence electrons. The highest BCUT2D eigenvalue weighted by molar-refractivity contribution is 7.80. The maximum absolute atomic E-state index is 5.20. The second-order valence-corrected chi connectivity index (χ2v) is 4.93. The van der Waals surface area contributed by atoms with Gasteiger partial charge in [-0.3, -0.25) is 10.1 Å². The van der Waals surface area contributed by atoms with Crippen LogP contribution in [0.5, 0.6) is 0 Å². The molecule has 0 radical (unpaired) electrons. The molecule has 0 atom stereocenters. The molecular weight excluding hydrogens is 270 g/mol. The van der Waals surface area contributed by atoms with E-state index in [-0.39, 0.29) is 0 Å². The minimum atomic E-state index is 0.457. The van der Waals surface area contributed by atoms with Crippen LogP contribution in [-0.2, 0) is 7.05 Å². The highest BCUT2D eigenvalue weighted by Crippen LogP contribution is 2.17. The summed E-state index contributed by atoms with van der Waals surface area (Å²) in [5, 5.41) is 11.7. The van der Waals surface area contributed by atoms with Gasteiger partial charge in [0.15, 0.2) is 5.11 Å². The van der Waals surface area contributed by atoms with E-state index in [0.29, 0.717) is 5.11 Å². The van der Waals surface area contributed by atoms with Crippen LogP contribution >= 0.6 is 12.2 Å². The zero-order valence-electron chi connectivity index (χ0n) is 11.7. The fraction of sp³-hybridized carbons (Fsp3) is 0.214. The van der Waals surface area contributed by atoms with Crippen molar-refractivity contribution in [3.05, 3.63) is 47.3 Å². The summed E-state index contributed by atoms with van der Waals surface area (Å²) in [4.78, 5) is 0. The summed E-state index contributed by atoms with van der Waals surface area (Å²) < 4.78 is 1.72. The second kappa shape index (κ2) is 6.29. The molecule has 2 N–H and O–H groups in total. The average Bonchev–Trinajstić information content (AvgIpc) is 2.81. The van der Waals surface area contributed by atoms with E-state index in [1.807, 2.05) is 25.4 Å². The van der Waals surface area contributed by atoms with Crippen LogP contribution in [-0.4, -0.2) is 21.1 Å². The van der Waals surface area contributed by atoms with Crippen LogP contribution in [0.25, 0.3) is 0 Å². The Kier molecular flexibility index (Phi) is 4.47. The summed E-state index contributed by atoms with van der Waals surface area (Å²) in [7, 11) is 1.86. The quantitative estimate of drug-likeness (QED) is 0.517. The number of hydrogen-bond acceptors (Lipinski definition) is 3. The van der Waals surface area contributed by atoms with Gasteiger partial charge >= 0.3 is 0 Å². The minimum Gasteiger partial charge on any atom is -0.331 e. The Balaban J connectivity index is 1.93. The number of aryl methyl sites for hydroxylation is 2. The van der Waals surface area contributed by atoms with Crippen LogP contribution in [0.3, 0.4) is 0 Å². The first kappa shape index (κ1) is 14.2. The molecule has 0 aliphatic carbocycles. The van der Waals surface area contributed by atoms with Gasteiger partial charge in [-0.1, -0.05) is 12.1 Å². The number of thiocarbonyl (C=S) groups is 1. The molecule has 0 spiro atoms. The molecule has 0 amide bonds. The smallest absolute Gasteiger partial charge is 0.191 e. The molecule has 6 heteroatoms. The number of hydrogen-bond donors (Lipinski definition) is 2. The normalized spacial score (nSPS) is 10.8. The summed E-state index contributed by atoms with van der Waals surface area (Å²) in [5.74, 6) is 0. The number of nitrogens with one attached hydrogen (secondary N) is 2. The van der Waals surface area contributed by atoms with Gasteiger partial charge in [0.05, 0.1) is 12.4 Å². The number of nitrogens with zero attached hydrogens (tertiary/aromatic N) is 3. The molecular formula is C14H17N5S. The van der Waals surface area contributed by atoms with E-state index in [0.717, 1.165) is 11.3 Å². The van der Waals surface area contributed by atoms with Gasteiger partial charge in [-0.25, -0.2) is 0 Å². The Morgan fingerprint density at radius 2 is 2.20 bits per heavy atom. The van der Waals surface area contributed by atoms with Gasteiger partial charge in [-0.15, -0.1) is 0 Å². The third-order valence-electron chi connectivity index (χ3n) is 2.96. The summed E-state index contributed by atoms with van der Waals surface area (Å²) in [5.41, 5.74) is 7.08. The molecule has 1 aromatic carbocycles. The van der Waals surface area contributed by atoms with Crippen molar-refractivity contribution in [1.29, 1.82) is 0 Å². The van der Waals surface area contributed by atoms with E-state index in [2.05, 4.69) is 40.9 Å². The molecule has 2 aromatic rings. The lowest BCUT2D eigenvalue weighted by atomic mass is 10.1. The van der Waals surface area contributed by atoms with Crippen molar-refractivity contribution in [2.75, 3.05) is 5.32 Å². The number of rotatable bonds is 3. The second-order valence-electron chi connectivity index (χ2n) is 4.52. The predicted octanol–water partition coefficient (Wildman–Crippen LogP) is 2.36. The molecule has 0 unspecified atom stereocenters. The molecule has 0 aliphatic heterocycles. The molecule has 0 bridgehead atoms. The van der Waals surface area contributed by atoms with Crippen LogP contribution in [0.2, 0.25) is 0 Å². The van der Waals surface area contributed by atoms with Gasteiger partial charge < -0.3 is 5.32 Å². The molecule has 0 aliphatic rings. The Labute approximate surface area is 123 Å². The Morgan fingerprint density at radius 1 is 1.40 bits per heavy atom. The van der Waals surface area contributed by atoms with E-state index < -0.39 is 0 Å². The number of aromatic nitrogens is 2. The SMILES string of the molecule is Cc1cccc(NC(=S)N/N=C/c2cnn(C)c2)c1C. The van der Waals surface area contributed by atoms with E-state index in [1.54, 1.807) is 17.1 Å². The van der Waals surface area contributed by atoms with Crippen LogP contribution < -0.4 is 10.7 Å². The number of benzene rings is 1. The van der Waals surface area contributed by atoms with Crippen LogP contribution in [0.4, 0.5) is 5.69 Å². The predicted molar refractivity (Wildman–Crippen MR) is 86.1 cm³/mol. The Bertz CT molecular complexity index is 645. The summed E-state index contributed by atoms with van der Waals surface area (Å²) in [6.45, 7) is 4.12. The lowest BCUT2D eigenvalue weighted by Gasteiger charge is -2.11. The largest absolute Gasteiger partial charge is 0.331 e. The molecule has 0 saturated heterocycles. The maximum atomic E-state index is 5.20. The van der Waals surface area contributed by atoms with Crippen molar-refractivity contribution in [3.8, 4) is 0 Å². The van der Waals surface area contributed by atoms with Crippen LogP contribution in [0.15, 0.2) is 35.7 Å². The van der Waals surface area contributed by atoms with Crippen molar-refractivity contribution in [2.24, 2.45) is 12.1 Å². The van der Waals surface area contributed by atoms with Gasteiger partial charge in [-0.2, -0.15) is 10.2 Å². The average molecular weight is 287 g/mol. The van der Waals surface area contributed by atoms with Gasteiger partial charge in [0.2, 0.25) is 0 Å². The fourth-order valence-electron chi connectivity index (χ4n) is 1.71. The lowest BCUT2D eigenvalue weighted by Crippen LogP contribution is -2.24. The topological polar surface area (TPSA) is 54.2 Å². The molecule has 0 fully saturated rings. The van der Waals surface area contributed by atoms with E-state index >= 15 is 0 Å². The minimum absolute atomic E-state index is 0.457. The summed E-state index contributed by atoms with van der Waals surface area (Å²) >= 11 is 5.20. The van der Waals surface area contributed by atoms with Crippen molar-refractivity contribution < 1.29 is 0 Å². The zero-order chi connectivity index (χ0) is 14.5. The third-order valence-corrected chi connectivity index (χ3v) is 3.15. The molecule has 1 heterocycles. The molecule has 5 nitrogen and oxygen atoms in total. The monoisotopic (exact) mass is 287 g/mol. The van der Waals surface area contributed by atoms with Crippen LogP contribution in [0, 0.1) is 13.8 Å². The van der Waals surface area contributed by atoms with E-state index in [4.69, 9.17) is 12.2 Å². The van der Waals surface area contributed by atoms with E-state index in [1.165, 1.54) is 11.1 Å². The van der Waals surface area contributed by atoms with Crippen molar-refractivity contribution in [3.63, 3.8) is 0 Å². The van der Waals surface area contributed by atoms with Crippen molar-refractivity contribution in [2.45, 2.75) is 13.8 Å². The number of anilines is 1. The first-order valence-corrected chi connectivity index (χ1v) is 6.62. The first-order chi connectivity index (χ1) is 9.56. The maximum Gasteiger partial charge on any atom is 0.191 e. The summed E-state index contributed by atoms with van der Waals surface area (Å²) in [6, 6.07) is 6.05. The fourth-order valence-corrected chi connectivity index (χ4v) is 1.87. The van der Waals surface area contributed by atoms with E-state index in [9.17, 15) is 0 Å². The Morgan fingerprint density at radius 3 is 2.90 bits per heavy atom. The molecule has 20 heavy (non-hydrogen) atoms. The molecule has 2 rings (SSSR count). The highest BCUT2D eigenvalue weighted by atomic mass is 32.1. The highest BCUT2D eigenvalue weighted by Gasteiger charge is 2.01. The standard InChI is InChI=1S/C14H17N5S/c1-10-5-4-6-13(11(10)2)17-14(20)18-15-7-12-8-16-19(3)9-12/h4-9H,1-3H3,(H2,17,18,20)/b15-7+. The number of hydrazone groups is 1. The zero-order valence-corrected chi connectivity index (χ0v) is 12.5. The van der Waals surface area contributed by atoms with Gasteiger partial charge in [-0.05, 0) is 43.3 Å². The van der Waals surface area contributed by atoms with Crippen LogP contribution in [0.1, 0.15) is 16.7 Å². The van der Waals surface area contributed by atoms with Crippen molar-refractivity contribution in [1.82, 2.24) is 15.2 Å². The molecule has 0 saturated carbocycles. The third kappa shape index (κ3) is 3.64. The first-order valence-electron chi connectivity index (χ1n) is 6.21. The summed E-state index contributed by atoms with van der Waals surface area (Å²) in [6.07, 6.45) is 5.27. The Hall–Kier alpha value is -2.21. The van der Waals surface area contributed by atoms with Crippen molar-refractivity contribution >= 4 is 29.2 Å².